The van der Waals surface area contributed by atoms with Gasteiger partial charge in [0.2, 0.25) is 23.5 Å². The fraction of sp³-hybridized carbons (Fsp3) is 0.600. The standard InChI is InChI=1S/C10H18N4O4/c1-9(2,7-11-15)13(17)5-6-14(18)10(3,4)8-12-16/h5-8,15-16H,1-4H3/b11-7+,12-8+,13-5-,14-6-. The lowest BCUT2D eigenvalue weighted by Crippen LogP contribution is -2.38. The Morgan fingerprint density at radius 1 is 0.833 bits per heavy atom. The van der Waals surface area contributed by atoms with Crippen LogP contribution in [0.5, 0.6) is 0 Å². The Hall–Kier alpha value is -2.12. The first-order valence-electron chi connectivity index (χ1n) is 5.16. The van der Waals surface area contributed by atoms with Gasteiger partial charge in [-0.2, -0.15) is 9.48 Å². The Labute approximate surface area is 105 Å². The van der Waals surface area contributed by atoms with Crippen LogP contribution in [0.1, 0.15) is 27.7 Å². The summed E-state index contributed by atoms with van der Waals surface area (Å²) in [4.78, 5) is 0. The lowest BCUT2D eigenvalue weighted by Gasteiger charge is -2.19. The fourth-order valence-corrected chi connectivity index (χ4v) is 0.902. The van der Waals surface area contributed by atoms with Gasteiger partial charge in [-0.15, -0.1) is 0 Å². The van der Waals surface area contributed by atoms with E-state index < -0.39 is 11.1 Å². The smallest absolute Gasteiger partial charge is 0.240 e. The van der Waals surface area contributed by atoms with Crippen LogP contribution < -0.4 is 0 Å². The minimum atomic E-state index is -1.08. The average Bonchev–Trinajstić information content (AvgIpc) is 2.24. The maximum atomic E-state index is 11.6. The van der Waals surface area contributed by atoms with Gasteiger partial charge in [-0.3, -0.25) is 0 Å². The first-order chi connectivity index (χ1) is 8.17. The van der Waals surface area contributed by atoms with E-state index in [9.17, 15) is 10.4 Å². The highest BCUT2D eigenvalue weighted by Crippen LogP contribution is 2.04. The molecule has 0 spiro atoms. The highest BCUT2D eigenvalue weighted by molar-refractivity contribution is 6.11. The third-order valence-electron chi connectivity index (χ3n) is 2.22. The van der Waals surface area contributed by atoms with E-state index in [0.717, 1.165) is 24.9 Å². The second-order valence-corrected chi connectivity index (χ2v) is 4.75. The fourth-order valence-electron chi connectivity index (χ4n) is 0.902. The highest BCUT2D eigenvalue weighted by Gasteiger charge is 2.26. The second-order valence-electron chi connectivity index (χ2n) is 4.75. The minimum Gasteiger partial charge on any atom is -0.623 e. The largest absolute Gasteiger partial charge is 0.623 e. The first kappa shape index (κ1) is 15.9. The summed E-state index contributed by atoms with van der Waals surface area (Å²) in [5, 5.41) is 45.6. The van der Waals surface area contributed by atoms with Crippen LogP contribution in [-0.4, -0.2) is 55.8 Å². The molecule has 0 aromatic carbocycles. The molecule has 0 radical (unpaired) electrons. The quantitative estimate of drug-likeness (QED) is 0.247. The van der Waals surface area contributed by atoms with Gasteiger partial charge in [0.25, 0.3) is 0 Å². The predicted molar refractivity (Wildman–Crippen MR) is 68.1 cm³/mol. The number of rotatable bonds is 5. The molecule has 0 aliphatic heterocycles. The van der Waals surface area contributed by atoms with Crippen molar-refractivity contribution in [2.75, 3.05) is 0 Å². The van der Waals surface area contributed by atoms with Crippen LogP contribution in [-0.2, 0) is 0 Å². The van der Waals surface area contributed by atoms with Crippen molar-refractivity contribution < 1.29 is 19.9 Å². The van der Waals surface area contributed by atoms with Gasteiger partial charge in [0.05, 0.1) is 0 Å². The molecule has 102 valence electrons. The molecule has 0 bridgehead atoms. The molecule has 0 aromatic rings. The number of hydrogen-bond donors (Lipinski definition) is 2. The van der Waals surface area contributed by atoms with Gasteiger partial charge in [-0.1, -0.05) is 10.3 Å². The van der Waals surface area contributed by atoms with Crippen molar-refractivity contribution in [2.24, 2.45) is 10.3 Å². The van der Waals surface area contributed by atoms with Gasteiger partial charge >= 0.3 is 0 Å². The van der Waals surface area contributed by atoms with E-state index in [4.69, 9.17) is 10.4 Å². The molecule has 0 atom stereocenters. The Morgan fingerprint density at radius 2 is 1.11 bits per heavy atom. The third-order valence-corrected chi connectivity index (χ3v) is 2.22. The van der Waals surface area contributed by atoms with Gasteiger partial charge in [-0.05, 0) is 0 Å². The maximum Gasteiger partial charge on any atom is 0.240 e. The van der Waals surface area contributed by atoms with Crippen molar-refractivity contribution in [1.82, 2.24) is 0 Å². The molecular formula is C10H18N4O4. The van der Waals surface area contributed by atoms with E-state index in [1.807, 2.05) is 0 Å². The third kappa shape index (κ3) is 4.40. The molecule has 0 aromatic heterocycles. The van der Waals surface area contributed by atoms with E-state index in [1.54, 1.807) is 0 Å². The zero-order valence-electron chi connectivity index (χ0n) is 10.8. The maximum absolute atomic E-state index is 11.6. The number of nitrogens with zero attached hydrogens (tertiary/aromatic N) is 4. The Bertz CT molecular complexity index is 359. The minimum absolute atomic E-state index is 0.462. The SMILES string of the molecule is CC(C)(/C=N/O)/[N+]([O-])=C/C=[N+](\[O-])C(C)(C)/C=N/O. The lowest BCUT2D eigenvalue weighted by atomic mass is 10.1. The molecule has 0 rings (SSSR count). The number of oxime groups is 2. The van der Waals surface area contributed by atoms with E-state index in [0.29, 0.717) is 9.48 Å². The molecular weight excluding hydrogens is 240 g/mol. The molecule has 8 heteroatoms. The summed E-state index contributed by atoms with van der Waals surface area (Å²) in [6.45, 7) is 6.05. The highest BCUT2D eigenvalue weighted by atomic mass is 16.5. The van der Waals surface area contributed by atoms with Gasteiger partial charge in [0, 0.05) is 27.7 Å². The van der Waals surface area contributed by atoms with Crippen LogP contribution in [0.15, 0.2) is 10.3 Å². The molecule has 8 nitrogen and oxygen atoms in total. The summed E-state index contributed by atoms with van der Waals surface area (Å²) >= 11 is 0. The monoisotopic (exact) mass is 258 g/mol. The first-order valence-corrected chi connectivity index (χ1v) is 5.16. The van der Waals surface area contributed by atoms with Crippen LogP contribution in [0.2, 0.25) is 0 Å². The zero-order valence-corrected chi connectivity index (χ0v) is 10.8. The van der Waals surface area contributed by atoms with Crippen molar-refractivity contribution in [3.8, 4) is 0 Å². The summed E-state index contributed by atoms with van der Waals surface area (Å²) in [6.07, 6.45) is 4.09. The topological polar surface area (TPSA) is 117 Å². The second kappa shape index (κ2) is 5.99. The summed E-state index contributed by atoms with van der Waals surface area (Å²) in [6, 6.07) is 0. The number of hydroxylamine groups is 2. The molecule has 18 heavy (non-hydrogen) atoms. The Kier molecular flexibility index (Phi) is 5.28. The summed E-state index contributed by atoms with van der Waals surface area (Å²) in [7, 11) is 0. The van der Waals surface area contributed by atoms with Crippen LogP contribution in [0.4, 0.5) is 0 Å². The molecule has 0 saturated carbocycles. The van der Waals surface area contributed by atoms with Crippen LogP contribution in [0.3, 0.4) is 0 Å². The van der Waals surface area contributed by atoms with Gasteiger partial charge in [0.15, 0.2) is 0 Å². The van der Waals surface area contributed by atoms with E-state index in [2.05, 4.69) is 10.3 Å². The summed E-state index contributed by atoms with van der Waals surface area (Å²) in [5.41, 5.74) is -2.16. The molecule has 0 heterocycles. The van der Waals surface area contributed by atoms with Crippen LogP contribution in [0, 0.1) is 10.4 Å². The van der Waals surface area contributed by atoms with Crippen molar-refractivity contribution in [3.63, 3.8) is 0 Å². The van der Waals surface area contributed by atoms with Crippen molar-refractivity contribution in [3.05, 3.63) is 10.4 Å². The van der Waals surface area contributed by atoms with E-state index in [1.165, 1.54) is 27.7 Å². The average molecular weight is 258 g/mol. The van der Waals surface area contributed by atoms with Crippen molar-refractivity contribution in [1.29, 1.82) is 0 Å². The molecule has 0 fully saturated rings. The normalized spacial score (nSPS) is 15.8. The summed E-state index contributed by atoms with van der Waals surface area (Å²) in [5.74, 6) is 0. The van der Waals surface area contributed by atoms with E-state index in [-0.39, 0.29) is 0 Å². The summed E-state index contributed by atoms with van der Waals surface area (Å²) < 4.78 is 0.924. The number of hydrogen-bond acceptors (Lipinski definition) is 6. The predicted octanol–water partition coefficient (Wildman–Crippen LogP) is 0.626. The Morgan fingerprint density at radius 3 is 1.33 bits per heavy atom. The van der Waals surface area contributed by atoms with Gasteiger partial charge in [-0.25, -0.2) is 0 Å². The van der Waals surface area contributed by atoms with Gasteiger partial charge < -0.3 is 20.8 Å². The molecule has 0 aliphatic carbocycles. The van der Waals surface area contributed by atoms with Crippen LogP contribution in [0.25, 0.3) is 0 Å². The van der Waals surface area contributed by atoms with Crippen molar-refractivity contribution in [2.45, 2.75) is 38.8 Å². The molecule has 2 N–H and O–H groups in total. The molecule has 0 amide bonds. The lowest BCUT2D eigenvalue weighted by molar-refractivity contribution is -0.522. The van der Waals surface area contributed by atoms with Crippen molar-refractivity contribution >= 4 is 24.9 Å². The molecule has 0 saturated heterocycles. The zero-order chi connectivity index (χ0) is 14.4. The molecule has 0 unspecified atom stereocenters. The van der Waals surface area contributed by atoms with E-state index >= 15 is 0 Å². The van der Waals surface area contributed by atoms with Gasteiger partial charge in [0.1, 0.15) is 12.4 Å². The molecule has 0 aliphatic rings. The Balaban J connectivity index is 5.13. The van der Waals surface area contributed by atoms with Crippen LogP contribution >= 0.6 is 0 Å².